The standard InChI is InChI=1S/C19H19F3N2O2S/c20-19(21,22)14-5-3-13(4-6-14)18(26)23-15-7-9-24(10-8-15)17(25)12-16-2-1-11-27-16/h1-6,11,15H,7-10,12H2,(H,23,26). The molecule has 1 N–H and O–H groups in total. The van der Waals surface area contributed by atoms with Crippen molar-refractivity contribution in [3.05, 3.63) is 57.8 Å². The zero-order valence-electron chi connectivity index (χ0n) is 14.5. The molecule has 1 aromatic carbocycles. The Hall–Kier alpha value is -2.35. The molecule has 2 amide bonds. The molecule has 1 aliphatic heterocycles. The molecular formula is C19H19F3N2O2S. The molecule has 1 aromatic heterocycles. The number of nitrogens with zero attached hydrogens (tertiary/aromatic N) is 1. The predicted molar refractivity (Wildman–Crippen MR) is 96.5 cm³/mol. The highest BCUT2D eigenvalue weighted by Gasteiger charge is 2.30. The second-order valence-electron chi connectivity index (χ2n) is 6.46. The molecular weight excluding hydrogens is 377 g/mol. The smallest absolute Gasteiger partial charge is 0.349 e. The van der Waals surface area contributed by atoms with Crippen molar-refractivity contribution in [1.29, 1.82) is 0 Å². The number of hydrogen-bond acceptors (Lipinski definition) is 3. The van der Waals surface area contributed by atoms with Gasteiger partial charge >= 0.3 is 6.18 Å². The maximum absolute atomic E-state index is 12.6. The van der Waals surface area contributed by atoms with Gasteiger partial charge in [0.25, 0.3) is 5.91 Å². The number of thiophene rings is 1. The lowest BCUT2D eigenvalue weighted by atomic mass is 10.0. The molecule has 4 nitrogen and oxygen atoms in total. The van der Waals surface area contributed by atoms with Crippen LogP contribution in [0.15, 0.2) is 41.8 Å². The fraction of sp³-hybridized carbons (Fsp3) is 0.368. The van der Waals surface area contributed by atoms with Gasteiger partial charge in [-0.2, -0.15) is 13.2 Å². The summed E-state index contributed by atoms with van der Waals surface area (Å²) in [5.74, 6) is -0.322. The summed E-state index contributed by atoms with van der Waals surface area (Å²) in [7, 11) is 0. The van der Waals surface area contributed by atoms with E-state index in [1.165, 1.54) is 12.1 Å². The van der Waals surface area contributed by atoms with Gasteiger partial charge in [-0.3, -0.25) is 9.59 Å². The van der Waals surface area contributed by atoms with E-state index in [4.69, 9.17) is 0 Å². The first kappa shape index (κ1) is 19.4. The quantitative estimate of drug-likeness (QED) is 0.856. The molecule has 144 valence electrons. The minimum absolute atomic E-state index is 0.0740. The molecule has 0 unspecified atom stereocenters. The van der Waals surface area contributed by atoms with Crippen LogP contribution >= 0.6 is 11.3 Å². The highest BCUT2D eigenvalue weighted by molar-refractivity contribution is 7.10. The van der Waals surface area contributed by atoms with Crippen molar-refractivity contribution in [3.63, 3.8) is 0 Å². The van der Waals surface area contributed by atoms with Crippen molar-refractivity contribution in [2.45, 2.75) is 31.5 Å². The van der Waals surface area contributed by atoms with Gasteiger partial charge in [-0.05, 0) is 48.6 Å². The Morgan fingerprint density at radius 2 is 1.78 bits per heavy atom. The number of hydrogen-bond donors (Lipinski definition) is 1. The van der Waals surface area contributed by atoms with E-state index in [1.807, 2.05) is 17.5 Å². The maximum atomic E-state index is 12.6. The Balaban J connectivity index is 1.48. The van der Waals surface area contributed by atoms with Crippen LogP contribution < -0.4 is 5.32 Å². The van der Waals surface area contributed by atoms with E-state index >= 15 is 0 Å². The molecule has 0 spiro atoms. The monoisotopic (exact) mass is 396 g/mol. The fourth-order valence-electron chi connectivity index (χ4n) is 3.03. The third kappa shape index (κ3) is 5.09. The molecule has 8 heteroatoms. The zero-order chi connectivity index (χ0) is 19.4. The molecule has 2 heterocycles. The minimum Gasteiger partial charge on any atom is -0.349 e. The van der Waals surface area contributed by atoms with Gasteiger partial charge in [0.05, 0.1) is 12.0 Å². The average Bonchev–Trinajstić information content (AvgIpc) is 3.14. The highest BCUT2D eigenvalue weighted by atomic mass is 32.1. The van der Waals surface area contributed by atoms with Crippen molar-refractivity contribution in [1.82, 2.24) is 10.2 Å². The van der Waals surface area contributed by atoms with E-state index in [9.17, 15) is 22.8 Å². The lowest BCUT2D eigenvalue weighted by molar-refractivity contribution is -0.137. The Morgan fingerprint density at radius 3 is 2.33 bits per heavy atom. The first-order valence-electron chi connectivity index (χ1n) is 8.61. The summed E-state index contributed by atoms with van der Waals surface area (Å²) in [6, 6.07) is 7.91. The number of rotatable bonds is 4. The number of nitrogens with one attached hydrogen (secondary N) is 1. The molecule has 1 fully saturated rings. The van der Waals surface area contributed by atoms with Crippen molar-refractivity contribution >= 4 is 23.2 Å². The summed E-state index contributed by atoms with van der Waals surface area (Å²) in [5.41, 5.74) is -0.587. The number of alkyl halides is 3. The summed E-state index contributed by atoms with van der Waals surface area (Å²) in [5, 5.41) is 4.78. The lowest BCUT2D eigenvalue weighted by Gasteiger charge is -2.32. The molecule has 1 aliphatic rings. The Labute approximate surface area is 159 Å². The number of carbonyl (C=O) groups is 2. The predicted octanol–water partition coefficient (Wildman–Crippen LogP) is 3.73. The van der Waals surface area contributed by atoms with Crippen molar-refractivity contribution in [2.24, 2.45) is 0 Å². The van der Waals surface area contributed by atoms with Crippen LogP contribution in [0.25, 0.3) is 0 Å². The number of amides is 2. The average molecular weight is 396 g/mol. The summed E-state index contributed by atoms with van der Waals surface area (Å²) in [6.45, 7) is 1.12. The second-order valence-corrected chi connectivity index (χ2v) is 7.49. The van der Waals surface area contributed by atoms with Crippen LogP contribution in [0.4, 0.5) is 13.2 Å². The van der Waals surface area contributed by atoms with Crippen molar-refractivity contribution in [3.8, 4) is 0 Å². The Morgan fingerprint density at radius 1 is 1.11 bits per heavy atom. The Bertz CT molecular complexity index is 780. The molecule has 1 saturated heterocycles. The van der Waals surface area contributed by atoms with E-state index in [0.717, 1.165) is 17.0 Å². The van der Waals surface area contributed by atoms with Crippen molar-refractivity contribution in [2.75, 3.05) is 13.1 Å². The molecule has 0 aliphatic carbocycles. The summed E-state index contributed by atoms with van der Waals surface area (Å²) >= 11 is 1.55. The van der Waals surface area contributed by atoms with Gasteiger partial charge in [-0.1, -0.05) is 6.07 Å². The van der Waals surface area contributed by atoms with Gasteiger partial charge in [-0.15, -0.1) is 11.3 Å². The molecule has 2 aromatic rings. The van der Waals surface area contributed by atoms with E-state index in [0.29, 0.717) is 32.4 Å². The van der Waals surface area contributed by atoms with Crippen LogP contribution in [0.5, 0.6) is 0 Å². The van der Waals surface area contributed by atoms with Crippen LogP contribution in [0, 0.1) is 0 Å². The van der Waals surface area contributed by atoms with E-state index in [2.05, 4.69) is 5.32 Å². The van der Waals surface area contributed by atoms with E-state index < -0.39 is 17.6 Å². The second kappa shape index (κ2) is 8.12. The van der Waals surface area contributed by atoms with Crippen LogP contribution in [0.1, 0.15) is 33.6 Å². The zero-order valence-corrected chi connectivity index (χ0v) is 15.3. The van der Waals surface area contributed by atoms with Crippen LogP contribution in [-0.2, 0) is 17.4 Å². The van der Waals surface area contributed by atoms with E-state index in [-0.39, 0.29) is 17.5 Å². The fourth-order valence-corrected chi connectivity index (χ4v) is 3.72. The van der Waals surface area contributed by atoms with Crippen LogP contribution in [-0.4, -0.2) is 35.8 Å². The van der Waals surface area contributed by atoms with Gasteiger partial charge in [0.15, 0.2) is 0 Å². The first-order chi connectivity index (χ1) is 12.8. The molecule has 0 radical (unpaired) electrons. The molecule has 0 atom stereocenters. The lowest BCUT2D eigenvalue weighted by Crippen LogP contribution is -2.46. The minimum atomic E-state index is -4.42. The van der Waals surface area contributed by atoms with Crippen LogP contribution in [0.3, 0.4) is 0 Å². The molecule has 27 heavy (non-hydrogen) atoms. The van der Waals surface area contributed by atoms with Gasteiger partial charge in [-0.25, -0.2) is 0 Å². The van der Waals surface area contributed by atoms with Gasteiger partial charge in [0.1, 0.15) is 0 Å². The topological polar surface area (TPSA) is 49.4 Å². The first-order valence-corrected chi connectivity index (χ1v) is 9.49. The third-order valence-corrected chi connectivity index (χ3v) is 5.44. The van der Waals surface area contributed by atoms with Gasteiger partial charge in [0.2, 0.25) is 5.91 Å². The van der Waals surface area contributed by atoms with Gasteiger partial charge < -0.3 is 10.2 Å². The third-order valence-electron chi connectivity index (χ3n) is 4.56. The number of halogens is 3. The number of piperidine rings is 1. The highest BCUT2D eigenvalue weighted by Crippen LogP contribution is 2.29. The summed E-state index contributed by atoms with van der Waals surface area (Å²) in [4.78, 5) is 27.3. The molecule has 3 rings (SSSR count). The number of benzene rings is 1. The Kier molecular flexibility index (Phi) is 5.84. The molecule has 0 bridgehead atoms. The maximum Gasteiger partial charge on any atom is 0.416 e. The van der Waals surface area contributed by atoms with E-state index in [1.54, 1.807) is 16.2 Å². The largest absolute Gasteiger partial charge is 0.416 e. The van der Waals surface area contributed by atoms with Crippen LogP contribution in [0.2, 0.25) is 0 Å². The summed E-state index contributed by atoms with van der Waals surface area (Å²) < 4.78 is 37.7. The van der Waals surface area contributed by atoms with Crippen molar-refractivity contribution < 1.29 is 22.8 Å². The summed E-state index contributed by atoms with van der Waals surface area (Å²) in [6.07, 6.45) is -2.77. The molecule has 0 saturated carbocycles. The van der Waals surface area contributed by atoms with Gasteiger partial charge in [0, 0.05) is 29.6 Å². The SMILES string of the molecule is O=C(NC1CCN(C(=O)Cc2cccs2)CC1)c1ccc(C(F)(F)F)cc1. The number of carbonyl (C=O) groups excluding carboxylic acids is 2. The number of likely N-dealkylation sites (tertiary alicyclic amines) is 1. The normalized spacial score (nSPS) is 15.6.